The molecule has 0 spiro atoms. The highest BCUT2D eigenvalue weighted by atomic mass is 32.2. The van der Waals surface area contributed by atoms with Crippen LogP contribution in [0.15, 0.2) is 60.0 Å². The van der Waals surface area contributed by atoms with Crippen molar-refractivity contribution in [2.45, 2.75) is 11.8 Å². The SMILES string of the molecule is C=C(c1ccc(OC)cc1)S(=O)(=O)c1ccc(C)cc1. The van der Waals surface area contributed by atoms with E-state index in [1.54, 1.807) is 55.6 Å². The molecule has 0 aliphatic rings. The zero-order valence-corrected chi connectivity index (χ0v) is 12.3. The van der Waals surface area contributed by atoms with Crippen LogP contribution in [0.3, 0.4) is 0 Å². The van der Waals surface area contributed by atoms with Crippen molar-refractivity contribution in [3.8, 4) is 5.75 Å². The summed E-state index contributed by atoms with van der Waals surface area (Å²) in [5.41, 5.74) is 1.57. The normalized spacial score (nSPS) is 11.1. The molecule has 0 saturated heterocycles. The minimum atomic E-state index is -3.56. The summed E-state index contributed by atoms with van der Waals surface area (Å²) in [5.74, 6) is 0.675. The van der Waals surface area contributed by atoms with Crippen molar-refractivity contribution < 1.29 is 13.2 Å². The Morgan fingerprint density at radius 1 is 1.00 bits per heavy atom. The summed E-state index contributed by atoms with van der Waals surface area (Å²) in [4.78, 5) is 0.341. The monoisotopic (exact) mass is 288 g/mol. The van der Waals surface area contributed by atoms with E-state index in [9.17, 15) is 8.42 Å². The average Bonchev–Trinajstić information content (AvgIpc) is 2.47. The van der Waals surface area contributed by atoms with E-state index in [1.165, 1.54) is 0 Å². The van der Waals surface area contributed by atoms with E-state index in [0.29, 0.717) is 11.3 Å². The second kappa shape index (κ2) is 5.51. The Bertz CT molecular complexity index is 711. The standard InChI is InChI=1S/C16H16O3S/c1-12-4-10-16(11-5-12)20(17,18)13(2)14-6-8-15(19-3)9-7-14/h4-11H,2H2,1,3H3. The van der Waals surface area contributed by atoms with E-state index in [4.69, 9.17) is 4.74 Å². The van der Waals surface area contributed by atoms with Gasteiger partial charge in [0, 0.05) is 0 Å². The second-order valence-electron chi connectivity index (χ2n) is 4.47. The second-order valence-corrected chi connectivity index (χ2v) is 6.44. The Kier molecular flexibility index (Phi) is 3.95. The van der Waals surface area contributed by atoms with E-state index in [1.807, 2.05) is 6.92 Å². The number of aryl methyl sites for hydroxylation is 1. The molecule has 2 aromatic rings. The summed E-state index contributed by atoms with van der Waals surface area (Å²) in [6, 6.07) is 13.5. The Morgan fingerprint density at radius 3 is 2.05 bits per heavy atom. The molecule has 2 rings (SSSR count). The summed E-state index contributed by atoms with van der Waals surface area (Å²) in [6.07, 6.45) is 0. The third-order valence-electron chi connectivity index (χ3n) is 3.07. The van der Waals surface area contributed by atoms with Crippen molar-refractivity contribution in [1.29, 1.82) is 0 Å². The molecule has 0 N–H and O–H groups in total. The van der Waals surface area contributed by atoms with Gasteiger partial charge < -0.3 is 4.74 Å². The fourth-order valence-corrected chi connectivity index (χ4v) is 3.02. The fraction of sp³-hybridized carbons (Fsp3) is 0.125. The molecular formula is C16H16O3S. The van der Waals surface area contributed by atoms with Gasteiger partial charge in [-0.25, -0.2) is 8.42 Å². The molecule has 20 heavy (non-hydrogen) atoms. The molecule has 0 aromatic heterocycles. The van der Waals surface area contributed by atoms with Crippen molar-refractivity contribution in [3.05, 3.63) is 66.2 Å². The molecule has 2 aromatic carbocycles. The number of hydrogen-bond acceptors (Lipinski definition) is 3. The third-order valence-corrected chi connectivity index (χ3v) is 4.84. The van der Waals surface area contributed by atoms with Gasteiger partial charge in [-0.1, -0.05) is 36.4 Å². The van der Waals surface area contributed by atoms with Crippen LogP contribution in [0.4, 0.5) is 0 Å². The number of ether oxygens (including phenoxy) is 1. The molecule has 0 unspecified atom stereocenters. The summed E-state index contributed by atoms with van der Waals surface area (Å²) < 4.78 is 30.0. The first kappa shape index (κ1) is 14.3. The van der Waals surface area contributed by atoms with Crippen LogP contribution in [0, 0.1) is 6.92 Å². The van der Waals surface area contributed by atoms with Crippen molar-refractivity contribution in [3.63, 3.8) is 0 Å². The van der Waals surface area contributed by atoms with Gasteiger partial charge in [-0.3, -0.25) is 0 Å². The highest BCUT2D eigenvalue weighted by molar-refractivity contribution is 8.00. The molecule has 0 aliphatic carbocycles. The highest BCUT2D eigenvalue weighted by Gasteiger charge is 2.20. The van der Waals surface area contributed by atoms with Crippen molar-refractivity contribution in [2.24, 2.45) is 0 Å². The first-order valence-corrected chi connectivity index (χ1v) is 7.58. The molecule has 0 saturated carbocycles. The number of benzene rings is 2. The van der Waals surface area contributed by atoms with Crippen molar-refractivity contribution >= 4 is 14.7 Å². The predicted molar refractivity (Wildman–Crippen MR) is 80.4 cm³/mol. The molecule has 0 atom stereocenters. The molecule has 104 valence electrons. The van der Waals surface area contributed by atoms with Crippen molar-refractivity contribution in [2.75, 3.05) is 7.11 Å². The lowest BCUT2D eigenvalue weighted by atomic mass is 10.2. The third kappa shape index (κ3) is 2.75. The number of methoxy groups -OCH3 is 1. The topological polar surface area (TPSA) is 43.4 Å². The molecule has 0 fully saturated rings. The summed E-state index contributed by atoms with van der Waals surface area (Å²) in [6.45, 7) is 5.63. The van der Waals surface area contributed by atoms with E-state index in [0.717, 1.165) is 5.56 Å². The van der Waals surface area contributed by atoms with Crippen LogP contribution in [0.2, 0.25) is 0 Å². The Morgan fingerprint density at radius 2 is 1.55 bits per heavy atom. The number of hydrogen-bond donors (Lipinski definition) is 0. The first-order chi connectivity index (χ1) is 9.45. The minimum Gasteiger partial charge on any atom is -0.497 e. The van der Waals surface area contributed by atoms with Gasteiger partial charge in [0.25, 0.3) is 0 Å². The zero-order valence-electron chi connectivity index (χ0n) is 11.5. The van der Waals surface area contributed by atoms with Crippen LogP contribution in [0.5, 0.6) is 5.75 Å². The van der Waals surface area contributed by atoms with Crippen LogP contribution in [0.1, 0.15) is 11.1 Å². The smallest absolute Gasteiger partial charge is 0.206 e. The minimum absolute atomic E-state index is 0.0870. The lowest BCUT2D eigenvalue weighted by molar-refractivity contribution is 0.415. The Labute approximate surface area is 119 Å². The van der Waals surface area contributed by atoms with Gasteiger partial charge in [-0.15, -0.1) is 0 Å². The van der Waals surface area contributed by atoms with Gasteiger partial charge in [-0.2, -0.15) is 0 Å². The van der Waals surface area contributed by atoms with E-state index in [-0.39, 0.29) is 9.80 Å². The lowest BCUT2D eigenvalue weighted by Crippen LogP contribution is -2.03. The number of sulfone groups is 1. The van der Waals surface area contributed by atoms with Crippen LogP contribution in [-0.2, 0) is 9.84 Å². The molecule has 3 nitrogen and oxygen atoms in total. The van der Waals surface area contributed by atoms with E-state index in [2.05, 4.69) is 6.58 Å². The van der Waals surface area contributed by atoms with Gasteiger partial charge >= 0.3 is 0 Å². The molecular weight excluding hydrogens is 272 g/mol. The maximum Gasteiger partial charge on any atom is 0.206 e. The van der Waals surface area contributed by atoms with Gasteiger partial charge in [-0.05, 0) is 36.8 Å². The molecule has 0 amide bonds. The first-order valence-electron chi connectivity index (χ1n) is 6.10. The van der Waals surface area contributed by atoms with Crippen LogP contribution in [-0.4, -0.2) is 15.5 Å². The van der Waals surface area contributed by atoms with Crippen LogP contribution in [0.25, 0.3) is 4.91 Å². The lowest BCUT2D eigenvalue weighted by Gasteiger charge is -2.09. The zero-order chi connectivity index (χ0) is 14.8. The predicted octanol–water partition coefficient (Wildman–Crippen LogP) is 3.45. The summed E-state index contributed by atoms with van der Waals surface area (Å²) >= 11 is 0. The van der Waals surface area contributed by atoms with Gasteiger partial charge in [0.2, 0.25) is 9.84 Å². The van der Waals surface area contributed by atoms with Crippen molar-refractivity contribution in [1.82, 2.24) is 0 Å². The maximum atomic E-state index is 12.5. The molecule has 4 heteroatoms. The van der Waals surface area contributed by atoms with Crippen LogP contribution >= 0.6 is 0 Å². The summed E-state index contributed by atoms with van der Waals surface area (Å²) in [5, 5.41) is 0. The van der Waals surface area contributed by atoms with E-state index < -0.39 is 9.84 Å². The maximum absolute atomic E-state index is 12.5. The Balaban J connectivity index is 2.37. The van der Waals surface area contributed by atoms with Gasteiger partial charge in [0.15, 0.2) is 0 Å². The van der Waals surface area contributed by atoms with Crippen LogP contribution < -0.4 is 4.74 Å². The summed E-state index contributed by atoms with van der Waals surface area (Å²) in [7, 11) is -2.00. The van der Waals surface area contributed by atoms with Gasteiger partial charge in [0.05, 0.1) is 16.9 Å². The molecule has 0 radical (unpaired) electrons. The molecule has 0 bridgehead atoms. The number of rotatable bonds is 4. The average molecular weight is 288 g/mol. The molecule has 0 aliphatic heterocycles. The molecule has 0 heterocycles. The quantitative estimate of drug-likeness (QED) is 0.865. The fourth-order valence-electron chi connectivity index (χ4n) is 1.79. The highest BCUT2D eigenvalue weighted by Crippen LogP contribution is 2.27. The van der Waals surface area contributed by atoms with E-state index >= 15 is 0 Å². The van der Waals surface area contributed by atoms with Gasteiger partial charge in [0.1, 0.15) is 5.75 Å². The Hall–Kier alpha value is -2.07. The largest absolute Gasteiger partial charge is 0.497 e.